The van der Waals surface area contributed by atoms with Crippen molar-refractivity contribution >= 4 is 39.8 Å². The molecule has 0 radical (unpaired) electrons. The van der Waals surface area contributed by atoms with Gasteiger partial charge in [0.1, 0.15) is 5.75 Å². The molecule has 1 aromatic heterocycles. The minimum Gasteiger partial charge on any atom is -0.495 e. The second kappa shape index (κ2) is 11.1. The number of methoxy groups -OCH3 is 1. The van der Waals surface area contributed by atoms with Crippen LogP contribution >= 0.6 is 23.1 Å². The topological polar surface area (TPSA) is 76.1 Å². The summed E-state index contributed by atoms with van der Waals surface area (Å²) < 4.78 is 6.08. The maximum absolute atomic E-state index is 12.1. The molecule has 1 heterocycles. The molecule has 1 atom stereocenters. The van der Waals surface area contributed by atoms with E-state index in [1.54, 1.807) is 7.11 Å². The van der Waals surface area contributed by atoms with Crippen LogP contribution in [0.15, 0.2) is 28.6 Å². The van der Waals surface area contributed by atoms with Gasteiger partial charge in [0.25, 0.3) is 0 Å². The fourth-order valence-corrected chi connectivity index (χ4v) is 4.11. The van der Waals surface area contributed by atoms with E-state index in [1.165, 1.54) is 29.5 Å². The average molecular weight is 409 g/mol. The molecular formula is C19H28N4O2S2. The first-order valence-electron chi connectivity index (χ1n) is 9.13. The van der Waals surface area contributed by atoms with Gasteiger partial charge >= 0.3 is 0 Å². The van der Waals surface area contributed by atoms with Gasteiger partial charge in [0.05, 0.1) is 18.6 Å². The second-order valence-corrected chi connectivity index (χ2v) is 8.98. The number of thioether (sulfide) groups is 1. The molecule has 0 bridgehead atoms. The number of anilines is 2. The van der Waals surface area contributed by atoms with E-state index in [4.69, 9.17) is 4.74 Å². The number of para-hydroxylation sites is 2. The Hall–Kier alpha value is -1.80. The molecule has 1 aromatic carbocycles. The monoisotopic (exact) mass is 408 g/mol. The van der Waals surface area contributed by atoms with Crippen molar-refractivity contribution < 1.29 is 9.53 Å². The van der Waals surface area contributed by atoms with E-state index in [0.717, 1.165) is 28.6 Å². The van der Waals surface area contributed by atoms with Gasteiger partial charge in [-0.15, -0.1) is 10.2 Å². The third-order valence-electron chi connectivity index (χ3n) is 3.91. The minimum atomic E-state index is 0.0338. The minimum absolute atomic E-state index is 0.0338. The number of aromatic nitrogens is 2. The number of rotatable bonds is 11. The van der Waals surface area contributed by atoms with E-state index in [0.29, 0.717) is 16.8 Å². The molecular weight excluding hydrogens is 380 g/mol. The molecule has 1 amide bonds. The molecule has 0 aliphatic carbocycles. The lowest BCUT2D eigenvalue weighted by atomic mass is 10.0. The van der Waals surface area contributed by atoms with Gasteiger partial charge in [-0.1, -0.05) is 61.9 Å². The molecule has 0 spiro atoms. The molecule has 148 valence electrons. The van der Waals surface area contributed by atoms with Gasteiger partial charge in [-0.05, 0) is 31.4 Å². The normalized spacial score (nSPS) is 12.0. The van der Waals surface area contributed by atoms with Gasteiger partial charge in [-0.25, -0.2) is 0 Å². The number of amides is 1. The summed E-state index contributed by atoms with van der Waals surface area (Å²) in [6.07, 6.45) is 3.35. The van der Waals surface area contributed by atoms with Crippen molar-refractivity contribution in [3.05, 3.63) is 24.3 Å². The molecule has 2 aromatic rings. The summed E-state index contributed by atoms with van der Waals surface area (Å²) in [5.74, 6) is 1.83. The Labute approximate surface area is 169 Å². The first-order chi connectivity index (χ1) is 13.0. The van der Waals surface area contributed by atoms with Crippen LogP contribution in [-0.2, 0) is 4.79 Å². The van der Waals surface area contributed by atoms with Crippen LogP contribution in [0, 0.1) is 5.92 Å². The van der Waals surface area contributed by atoms with E-state index >= 15 is 0 Å². The summed E-state index contributed by atoms with van der Waals surface area (Å²) in [7, 11) is 1.63. The lowest BCUT2D eigenvalue weighted by Crippen LogP contribution is -2.33. The summed E-state index contributed by atoms with van der Waals surface area (Å²) in [5, 5.41) is 15.2. The van der Waals surface area contributed by atoms with Crippen molar-refractivity contribution in [3.63, 3.8) is 0 Å². The maximum atomic E-state index is 12.1. The molecule has 0 saturated heterocycles. The summed E-state index contributed by atoms with van der Waals surface area (Å²) in [4.78, 5) is 12.1. The molecule has 6 nitrogen and oxygen atoms in total. The highest BCUT2D eigenvalue weighted by Gasteiger charge is 2.12. The SMILES string of the molecule is COc1ccccc1Nc1nnc(SCC(=O)NC(C)CCCC(C)C)s1. The predicted molar refractivity (Wildman–Crippen MR) is 113 cm³/mol. The standard InChI is InChI=1S/C19H28N4O2S2/c1-13(2)8-7-9-14(3)20-17(24)12-26-19-23-22-18(27-19)21-15-10-5-6-11-16(15)25-4/h5-6,10-11,13-14H,7-9,12H2,1-4H3,(H,20,24)(H,21,22). The van der Waals surface area contributed by atoms with Crippen molar-refractivity contribution in [3.8, 4) is 5.75 Å². The van der Waals surface area contributed by atoms with E-state index in [-0.39, 0.29) is 11.9 Å². The summed E-state index contributed by atoms with van der Waals surface area (Å²) in [6.45, 7) is 6.50. The number of nitrogens with one attached hydrogen (secondary N) is 2. The molecule has 27 heavy (non-hydrogen) atoms. The van der Waals surface area contributed by atoms with Crippen LogP contribution < -0.4 is 15.4 Å². The largest absolute Gasteiger partial charge is 0.495 e. The predicted octanol–water partition coefficient (Wildman–Crippen LogP) is 4.71. The number of hydrogen-bond donors (Lipinski definition) is 2. The number of hydrogen-bond acceptors (Lipinski definition) is 7. The lowest BCUT2D eigenvalue weighted by Gasteiger charge is -2.14. The average Bonchev–Trinajstić information content (AvgIpc) is 3.07. The molecule has 2 rings (SSSR count). The van der Waals surface area contributed by atoms with Crippen molar-refractivity contribution in [2.45, 2.75) is 50.4 Å². The highest BCUT2D eigenvalue weighted by molar-refractivity contribution is 8.01. The first-order valence-corrected chi connectivity index (χ1v) is 10.9. The van der Waals surface area contributed by atoms with Crippen molar-refractivity contribution in [1.82, 2.24) is 15.5 Å². The van der Waals surface area contributed by atoms with Crippen molar-refractivity contribution in [2.24, 2.45) is 5.92 Å². The Morgan fingerprint density at radius 3 is 2.74 bits per heavy atom. The molecule has 0 aliphatic heterocycles. The van der Waals surface area contributed by atoms with Gasteiger partial charge in [-0.2, -0.15) is 0 Å². The number of carbonyl (C=O) groups is 1. The van der Waals surface area contributed by atoms with Crippen LogP contribution in [0.3, 0.4) is 0 Å². The first kappa shape index (κ1) is 21.5. The van der Waals surface area contributed by atoms with Crippen LogP contribution in [0.5, 0.6) is 5.75 Å². The Bertz CT molecular complexity index is 721. The van der Waals surface area contributed by atoms with Crippen LogP contribution in [0.1, 0.15) is 40.0 Å². The quantitative estimate of drug-likeness (QED) is 0.524. The van der Waals surface area contributed by atoms with Gasteiger partial charge in [0.2, 0.25) is 11.0 Å². The summed E-state index contributed by atoms with van der Waals surface area (Å²) >= 11 is 2.82. The van der Waals surface area contributed by atoms with E-state index in [1.807, 2.05) is 24.3 Å². The number of ether oxygens (including phenoxy) is 1. The molecule has 1 unspecified atom stereocenters. The van der Waals surface area contributed by atoms with E-state index in [9.17, 15) is 4.79 Å². The highest BCUT2D eigenvalue weighted by atomic mass is 32.2. The number of nitrogens with zero attached hydrogens (tertiary/aromatic N) is 2. The number of carbonyl (C=O) groups excluding carboxylic acids is 1. The fraction of sp³-hybridized carbons (Fsp3) is 0.526. The van der Waals surface area contributed by atoms with Crippen molar-refractivity contribution in [2.75, 3.05) is 18.2 Å². The van der Waals surface area contributed by atoms with Crippen molar-refractivity contribution in [1.29, 1.82) is 0 Å². The van der Waals surface area contributed by atoms with E-state index < -0.39 is 0 Å². The Balaban J connectivity index is 1.76. The summed E-state index contributed by atoms with van der Waals surface area (Å²) in [6, 6.07) is 7.84. The second-order valence-electron chi connectivity index (χ2n) is 6.78. The molecule has 2 N–H and O–H groups in total. The molecule has 0 fully saturated rings. The Morgan fingerprint density at radius 2 is 2.00 bits per heavy atom. The third-order valence-corrected chi connectivity index (χ3v) is 5.88. The van der Waals surface area contributed by atoms with Crippen LogP contribution in [-0.4, -0.2) is 35.0 Å². The van der Waals surface area contributed by atoms with Crippen LogP contribution in [0.4, 0.5) is 10.8 Å². The number of benzene rings is 1. The van der Waals surface area contributed by atoms with Gasteiger partial charge in [0, 0.05) is 6.04 Å². The lowest BCUT2D eigenvalue weighted by molar-refractivity contribution is -0.119. The van der Waals surface area contributed by atoms with Crippen LogP contribution in [0.2, 0.25) is 0 Å². The Kier molecular flexibility index (Phi) is 8.87. The molecule has 0 aliphatic rings. The van der Waals surface area contributed by atoms with Gasteiger partial charge in [0.15, 0.2) is 4.34 Å². The van der Waals surface area contributed by atoms with Gasteiger partial charge in [-0.3, -0.25) is 4.79 Å². The summed E-state index contributed by atoms with van der Waals surface area (Å²) in [5.41, 5.74) is 0.834. The van der Waals surface area contributed by atoms with Crippen LogP contribution in [0.25, 0.3) is 0 Å². The smallest absolute Gasteiger partial charge is 0.230 e. The van der Waals surface area contributed by atoms with E-state index in [2.05, 4.69) is 41.6 Å². The zero-order valence-corrected chi connectivity index (χ0v) is 18.0. The molecule has 8 heteroatoms. The third kappa shape index (κ3) is 7.76. The maximum Gasteiger partial charge on any atom is 0.230 e. The highest BCUT2D eigenvalue weighted by Crippen LogP contribution is 2.31. The van der Waals surface area contributed by atoms with Gasteiger partial charge < -0.3 is 15.4 Å². The molecule has 0 saturated carbocycles. The zero-order chi connectivity index (χ0) is 19.6. The fourth-order valence-electron chi connectivity index (χ4n) is 2.53. The Morgan fingerprint density at radius 1 is 1.22 bits per heavy atom. The zero-order valence-electron chi connectivity index (χ0n) is 16.3.